The van der Waals surface area contributed by atoms with Crippen LogP contribution in [0.15, 0.2) is 162 Å². The molecule has 0 spiro atoms. The Labute approximate surface area is 359 Å². The molecule has 61 heavy (non-hydrogen) atoms. The van der Waals surface area contributed by atoms with Gasteiger partial charge < -0.3 is 26.0 Å². The Balaban J connectivity index is 0.980. The average molecular weight is 801 g/mol. The first-order valence-corrected chi connectivity index (χ1v) is 21.5. The van der Waals surface area contributed by atoms with Crippen LogP contribution in [0.2, 0.25) is 0 Å². The van der Waals surface area contributed by atoms with Gasteiger partial charge in [-0.05, 0) is 134 Å². The molecule has 10 rings (SSSR count). The second-order valence-electron chi connectivity index (χ2n) is 18.5. The van der Waals surface area contributed by atoms with E-state index in [0.717, 1.165) is 40.8 Å². The molecule has 6 aromatic rings. The minimum absolute atomic E-state index is 0.0461. The van der Waals surface area contributed by atoms with Crippen molar-refractivity contribution in [2.45, 2.75) is 59.8 Å². The Morgan fingerprint density at radius 2 is 1.21 bits per heavy atom. The zero-order valence-electron chi connectivity index (χ0n) is 35.7. The van der Waals surface area contributed by atoms with Crippen molar-refractivity contribution >= 4 is 17.1 Å². The number of allylic oxidation sites excluding steroid dienone is 8. The molecule has 0 heterocycles. The molecule has 0 aliphatic heterocycles. The molecule has 0 amide bonds. The number of phenolic OH excluding ortho intramolecular Hbond substituents is 3. The number of anilines is 3. The van der Waals surface area contributed by atoms with Crippen LogP contribution in [-0.4, -0.2) is 15.3 Å². The fourth-order valence-electron chi connectivity index (χ4n) is 10.8. The number of rotatable bonds is 6. The van der Waals surface area contributed by atoms with Crippen LogP contribution in [0.1, 0.15) is 64.2 Å². The van der Waals surface area contributed by atoms with Crippen LogP contribution in [0.3, 0.4) is 0 Å². The molecule has 0 aromatic heterocycles. The summed E-state index contributed by atoms with van der Waals surface area (Å²) < 4.78 is 0. The van der Waals surface area contributed by atoms with Crippen molar-refractivity contribution in [3.05, 3.63) is 179 Å². The van der Waals surface area contributed by atoms with E-state index in [1.807, 2.05) is 24.3 Å². The summed E-state index contributed by atoms with van der Waals surface area (Å²) in [5.74, 6) is -0.139. The highest BCUT2D eigenvalue weighted by Gasteiger charge is 2.47. The quantitative estimate of drug-likeness (QED) is 0.0765. The Hall–Kier alpha value is -6.72. The van der Waals surface area contributed by atoms with Crippen LogP contribution in [-0.2, 0) is 5.41 Å². The average Bonchev–Trinajstić information content (AvgIpc) is 3.65. The van der Waals surface area contributed by atoms with E-state index in [1.54, 1.807) is 12.5 Å². The van der Waals surface area contributed by atoms with Gasteiger partial charge in [-0.25, -0.2) is 0 Å². The lowest BCUT2D eigenvalue weighted by Gasteiger charge is -2.37. The summed E-state index contributed by atoms with van der Waals surface area (Å²) in [6, 6.07) is 41.3. The maximum absolute atomic E-state index is 10.7. The molecule has 0 fully saturated rings. The molecule has 0 bridgehead atoms. The molecule has 2 unspecified atom stereocenters. The van der Waals surface area contributed by atoms with Gasteiger partial charge >= 0.3 is 0 Å². The van der Waals surface area contributed by atoms with E-state index in [2.05, 4.69) is 155 Å². The largest absolute Gasteiger partial charge is 0.505 e. The van der Waals surface area contributed by atoms with Crippen molar-refractivity contribution in [1.29, 1.82) is 0 Å². The molecule has 4 aliphatic rings. The van der Waals surface area contributed by atoms with Crippen molar-refractivity contribution in [1.82, 2.24) is 0 Å². The first-order valence-electron chi connectivity index (χ1n) is 21.5. The highest BCUT2D eigenvalue weighted by molar-refractivity contribution is 5.88. The normalized spacial score (nSPS) is 19.1. The lowest BCUT2D eigenvalue weighted by molar-refractivity contribution is 0.330. The summed E-state index contributed by atoms with van der Waals surface area (Å²) in [5, 5.41) is 31.2. The van der Waals surface area contributed by atoms with E-state index >= 15 is 0 Å². The zero-order chi connectivity index (χ0) is 42.5. The number of fused-ring (bicyclic) bond motifs is 5. The van der Waals surface area contributed by atoms with E-state index in [4.69, 9.17) is 5.73 Å². The van der Waals surface area contributed by atoms with E-state index in [0.29, 0.717) is 28.5 Å². The molecule has 5 N–H and O–H groups in total. The van der Waals surface area contributed by atoms with Crippen LogP contribution >= 0.6 is 0 Å². The molecule has 0 saturated heterocycles. The summed E-state index contributed by atoms with van der Waals surface area (Å²) in [5.41, 5.74) is 25.0. The lowest BCUT2D eigenvalue weighted by atomic mass is 9.72. The number of nitrogens with zero attached hydrogens (tertiary/aromatic N) is 1. The van der Waals surface area contributed by atoms with Crippen molar-refractivity contribution in [2.75, 3.05) is 10.6 Å². The van der Waals surface area contributed by atoms with Crippen LogP contribution < -0.4 is 10.6 Å². The second-order valence-corrected chi connectivity index (χ2v) is 18.5. The van der Waals surface area contributed by atoms with E-state index in [9.17, 15) is 15.3 Å². The van der Waals surface area contributed by atoms with E-state index < -0.39 is 5.75 Å². The SMILES string of the molecule is Cc1c(O)c(O)c(N)c(O)c1-c1ccc(-c2ccc(-c3ccc(N(C4=CC=C5C6=C(C=CCC6C)C(C)(C)C5C4)c4ccc5c(c4)C(C)(C)c4ccccc4-5)cc3)cc2)cc1. The van der Waals surface area contributed by atoms with E-state index in [-0.39, 0.29) is 28.0 Å². The van der Waals surface area contributed by atoms with Crippen LogP contribution in [0.5, 0.6) is 17.2 Å². The van der Waals surface area contributed by atoms with Gasteiger partial charge in [-0.3, -0.25) is 0 Å². The number of aromatic hydroxyl groups is 3. The number of benzene rings is 6. The van der Waals surface area contributed by atoms with Crippen molar-refractivity contribution in [3.8, 4) is 61.8 Å². The van der Waals surface area contributed by atoms with Gasteiger partial charge in [-0.2, -0.15) is 0 Å². The Morgan fingerprint density at radius 1 is 0.639 bits per heavy atom. The molecular weight excluding hydrogens is 749 g/mol. The summed E-state index contributed by atoms with van der Waals surface area (Å²) in [4.78, 5) is 2.50. The van der Waals surface area contributed by atoms with Gasteiger partial charge in [0.25, 0.3) is 0 Å². The molecule has 304 valence electrons. The second kappa shape index (κ2) is 13.9. The smallest absolute Gasteiger partial charge is 0.185 e. The third kappa shape index (κ3) is 5.89. The summed E-state index contributed by atoms with van der Waals surface area (Å²) in [6.07, 6.45) is 11.7. The van der Waals surface area contributed by atoms with Gasteiger partial charge in [0.2, 0.25) is 0 Å². The van der Waals surface area contributed by atoms with Gasteiger partial charge in [0.15, 0.2) is 17.2 Å². The molecule has 5 heteroatoms. The van der Waals surface area contributed by atoms with Crippen molar-refractivity contribution in [3.63, 3.8) is 0 Å². The van der Waals surface area contributed by atoms with Crippen molar-refractivity contribution in [2.24, 2.45) is 17.3 Å². The van der Waals surface area contributed by atoms with Gasteiger partial charge in [0.05, 0.1) is 0 Å². The zero-order valence-corrected chi connectivity index (χ0v) is 35.7. The number of nitrogens with two attached hydrogens (primary N) is 1. The molecule has 0 radical (unpaired) electrons. The molecule has 2 atom stereocenters. The third-order valence-corrected chi connectivity index (χ3v) is 14.3. The van der Waals surface area contributed by atoms with Crippen molar-refractivity contribution < 1.29 is 15.3 Å². The first kappa shape index (κ1) is 38.5. The number of hydrogen-bond donors (Lipinski definition) is 4. The summed E-state index contributed by atoms with van der Waals surface area (Å²) in [7, 11) is 0. The minimum Gasteiger partial charge on any atom is -0.505 e. The Kier molecular flexibility index (Phi) is 8.78. The minimum atomic E-state index is -0.508. The summed E-state index contributed by atoms with van der Waals surface area (Å²) >= 11 is 0. The predicted molar refractivity (Wildman–Crippen MR) is 251 cm³/mol. The van der Waals surface area contributed by atoms with Crippen LogP contribution in [0.25, 0.3) is 44.5 Å². The van der Waals surface area contributed by atoms with Gasteiger partial charge in [-0.1, -0.05) is 144 Å². The van der Waals surface area contributed by atoms with E-state index in [1.165, 1.54) is 44.8 Å². The standard InChI is InChI=1S/C56H52N2O3/c1-32-10-9-13-46-49(32)44-29-27-41(31-48(44)56(46,5)6)58(40-26-28-43-42-11-7-8-12-45(42)55(3,4)47(43)30-40)39-24-22-37(23-25-39)35-16-14-34(15-17-35)36-18-20-38(21-19-36)50-33(2)52(59)54(61)51(57)53(50)60/h7-9,11-30,32,48,59-61H,10,31,57H2,1-6H3. The molecular formula is C56H52N2O3. The number of phenols is 3. The molecule has 4 aliphatic carbocycles. The summed E-state index contributed by atoms with van der Waals surface area (Å²) in [6.45, 7) is 13.6. The molecule has 5 nitrogen and oxygen atoms in total. The first-order chi connectivity index (χ1) is 29.3. The maximum Gasteiger partial charge on any atom is 0.185 e. The Morgan fingerprint density at radius 3 is 1.87 bits per heavy atom. The fraction of sp³-hybridized carbons (Fsp3) is 0.214. The maximum atomic E-state index is 10.7. The van der Waals surface area contributed by atoms with Crippen LogP contribution in [0.4, 0.5) is 17.1 Å². The molecule has 0 saturated carbocycles. The highest BCUT2D eigenvalue weighted by atomic mass is 16.3. The fourth-order valence-corrected chi connectivity index (χ4v) is 10.8. The third-order valence-electron chi connectivity index (χ3n) is 14.3. The highest BCUT2D eigenvalue weighted by Crippen LogP contribution is 2.59. The van der Waals surface area contributed by atoms with Gasteiger partial charge in [-0.15, -0.1) is 0 Å². The topological polar surface area (TPSA) is 90.0 Å². The number of hydrogen-bond acceptors (Lipinski definition) is 5. The molecule has 6 aromatic carbocycles. The monoisotopic (exact) mass is 800 g/mol. The number of nitrogen functional groups attached to an aromatic ring is 1. The Bertz CT molecular complexity index is 2880. The van der Waals surface area contributed by atoms with Gasteiger partial charge in [0.1, 0.15) is 5.69 Å². The van der Waals surface area contributed by atoms with Gasteiger partial charge in [0, 0.05) is 33.6 Å². The predicted octanol–water partition coefficient (Wildman–Crippen LogP) is 13.9. The van der Waals surface area contributed by atoms with Crippen LogP contribution in [0, 0.1) is 24.2 Å². The lowest BCUT2D eigenvalue weighted by Crippen LogP contribution is -2.28.